The summed E-state index contributed by atoms with van der Waals surface area (Å²) in [6.07, 6.45) is 0.713. The van der Waals surface area contributed by atoms with E-state index in [0.29, 0.717) is 12.8 Å². The predicted molar refractivity (Wildman–Crippen MR) is 71.9 cm³/mol. The maximum atomic E-state index is 11.8. The van der Waals surface area contributed by atoms with Gasteiger partial charge in [0.05, 0.1) is 5.41 Å². The van der Waals surface area contributed by atoms with E-state index in [1.54, 1.807) is 27.7 Å². The van der Waals surface area contributed by atoms with Crippen LogP contribution in [0.1, 0.15) is 54.4 Å². The van der Waals surface area contributed by atoms with Gasteiger partial charge in [0, 0.05) is 11.5 Å². The molecule has 1 fully saturated rings. The zero-order valence-electron chi connectivity index (χ0n) is 12.7. The average Bonchev–Trinajstić information content (AvgIpc) is 2.40. The zero-order valence-corrected chi connectivity index (χ0v) is 12.7. The number of ether oxygens (including phenoxy) is 1. The lowest BCUT2D eigenvalue weighted by Crippen LogP contribution is -2.50. The van der Waals surface area contributed by atoms with Crippen molar-refractivity contribution >= 4 is 12.1 Å². The van der Waals surface area contributed by atoms with Crippen molar-refractivity contribution in [3.8, 4) is 0 Å². The fourth-order valence-electron chi connectivity index (χ4n) is 2.59. The first-order valence-corrected chi connectivity index (χ1v) is 6.63. The molecule has 19 heavy (non-hydrogen) atoms. The lowest BCUT2D eigenvalue weighted by molar-refractivity contribution is -0.153. The first kappa shape index (κ1) is 15.8. The number of hydrogen-bond acceptors (Lipinski definition) is 3. The normalized spacial score (nSPS) is 29.9. The van der Waals surface area contributed by atoms with Gasteiger partial charge in [-0.3, -0.25) is 4.79 Å². The van der Waals surface area contributed by atoms with E-state index in [4.69, 9.17) is 4.74 Å². The van der Waals surface area contributed by atoms with Gasteiger partial charge in [-0.25, -0.2) is 4.79 Å². The number of alkyl carbamates (subject to hydrolysis) is 1. The van der Waals surface area contributed by atoms with E-state index in [9.17, 15) is 14.7 Å². The van der Waals surface area contributed by atoms with Crippen LogP contribution in [-0.2, 0) is 9.53 Å². The molecule has 2 atom stereocenters. The molecule has 0 spiro atoms. The summed E-state index contributed by atoms with van der Waals surface area (Å²) in [5.74, 6) is -0.814. The third-order valence-corrected chi connectivity index (χ3v) is 4.39. The SMILES string of the molecule is CC(C)(C)OC(=O)N[C@H]1CC[C@@](C)(C(=O)O)C1(C)C. The summed E-state index contributed by atoms with van der Waals surface area (Å²) in [7, 11) is 0. The molecule has 1 aliphatic carbocycles. The molecule has 0 aliphatic heterocycles. The molecule has 1 rings (SSSR count). The molecule has 0 aromatic carbocycles. The molecule has 0 aromatic heterocycles. The number of carboxylic acid groups (broad SMARTS) is 1. The predicted octanol–water partition coefficient (Wildman–Crippen LogP) is 2.79. The largest absolute Gasteiger partial charge is 0.481 e. The summed E-state index contributed by atoms with van der Waals surface area (Å²) >= 11 is 0. The Kier molecular flexibility index (Phi) is 3.90. The van der Waals surface area contributed by atoms with Gasteiger partial charge in [0.1, 0.15) is 5.60 Å². The van der Waals surface area contributed by atoms with Gasteiger partial charge in [0.15, 0.2) is 0 Å². The van der Waals surface area contributed by atoms with Crippen LogP contribution in [0.15, 0.2) is 0 Å². The van der Waals surface area contributed by atoms with Gasteiger partial charge in [0.2, 0.25) is 0 Å². The minimum Gasteiger partial charge on any atom is -0.481 e. The number of amides is 1. The standard InChI is InChI=1S/C14H25NO4/c1-12(2,3)19-11(18)15-9-7-8-14(6,10(16)17)13(9,4)5/h9H,7-8H2,1-6H3,(H,15,18)(H,16,17)/t9-,14-/m0/s1. The molecule has 2 N–H and O–H groups in total. The molecule has 5 nitrogen and oxygen atoms in total. The fraction of sp³-hybridized carbons (Fsp3) is 0.857. The highest BCUT2D eigenvalue weighted by Gasteiger charge is 2.56. The van der Waals surface area contributed by atoms with E-state index in [2.05, 4.69) is 5.32 Å². The molecule has 0 heterocycles. The first-order chi connectivity index (χ1) is 8.40. The highest BCUT2D eigenvalue weighted by atomic mass is 16.6. The van der Waals surface area contributed by atoms with E-state index in [0.717, 1.165) is 0 Å². The van der Waals surface area contributed by atoms with Crippen LogP contribution in [0.2, 0.25) is 0 Å². The van der Waals surface area contributed by atoms with Crippen molar-refractivity contribution in [2.75, 3.05) is 0 Å². The number of rotatable bonds is 2. The lowest BCUT2D eigenvalue weighted by Gasteiger charge is -2.38. The van der Waals surface area contributed by atoms with Crippen molar-refractivity contribution in [1.82, 2.24) is 5.32 Å². The van der Waals surface area contributed by atoms with Gasteiger partial charge in [-0.05, 0) is 40.5 Å². The van der Waals surface area contributed by atoms with Crippen LogP contribution in [0.25, 0.3) is 0 Å². The number of carbonyl (C=O) groups excluding carboxylic acids is 1. The van der Waals surface area contributed by atoms with Gasteiger partial charge >= 0.3 is 12.1 Å². The molecule has 0 bridgehead atoms. The Bertz CT molecular complexity index is 383. The third-order valence-electron chi connectivity index (χ3n) is 4.39. The zero-order chi connectivity index (χ0) is 15.1. The quantitative estimate of drug-likeness (QED) is 0.809. The van der Waals surface area contributed by atoms with Gasteiger partial charge < -0.3 is 15.2 Å². The Hall–Kier alpha value is -1.26. The molecule has 0 saturated heterocycles. The summed E-state index contributed by atoms with van der Waals surface area (Å²) < 4.78 is 5.22. The molecule has 110 valence electrons. The minimum absolute atomic E-state index is 0.191. The van der Waals surface area contributed by atoms with Gasteiger partial charge in [0.25, 0.3) is 0 Å². The molecule has 1 saturated carbocycles. The second-order valence-electron chi connectivity index (χ2n) is 7.10. The first-order valence-electron chi connectivity index (χ1n) is 6.63. The van der Waals surface area contributed by atoms with Gasteiger partial charge in [-0.1, -0.05) is 13.8 Å². The summed E-state index contributed by atoms with van der Waals surface area (Å²) in [6.45, 7) is 10.9. The molecule has 0 aromatic rings. The molecular formula is C14H25NO4. The maximum absolute atomic E-state index is 11.8. The van der Waals surface area contributed by atoms with Crippen LogP contribution in [0.3, 0.4) is 0 Å². The second-order valence-corrected chi connectivity index (χ2v) is 7.10. The number of aliphatic carboxylic acids is 1. The van der Waals surface area contributed by atoms with Crippen LogP contribution in [0.5, 0.6) is 0 Å². The van der Waals surface area contributed by atoms with Crippen molar-refractivity contribution < 1.29 is 19.4 Å². The van der Waals surface area contributed by atoms with Crippen molar-refractivity contribution in [2.45, 2.75) is 66.0 Å². The second kappa shape index (κ2) is 4.69. The molecule has 1 amide bonds. The van der Waals surface area contributed by atoms with E-state index in [1.807, 2.05) is 13.8 Å². The van der Waals surface area contributed by atoms with E-state index in [1.165, 1.54) is 0 Å². The highest BCUT2D eigenvalue weighted by molar-refractivity contribution is 5.76. The van der Waals surface area contributed by atoms with Gasteiger partial charge in [-0.2, -0.15) is 0 Å². The molecular weight excluding hydrogens is 246 g/mol. The van der Waals surface area contributed by atoms with E-state index >= 15 is 0 Å². The Balaban J connectivity index is 2.78. The topological polar surface area (TPSA) is 75.6 Å². The number of hydrogen-bond donors (Lipinski definition) is 2. The Morgan fingerprint density at radius 3 is 2.16 bits per heavy atom. The Morgan fingerprint density at radius 2 is 1.79 bits per heavy atom. The molecule has 1 aliphatic rings. The maximum Gasteiger partial charge on any atom is 0.407 e. The average molecular weight is 271 g/mol. The van der Waals surface area contributed by atoms with Crippen molar-refractivity contribution in [3.63, 3.8) is 0 Å². The van der Waals surface area contributed by atoms with Crippen molar-refractivity contribution in [2.24, 2.45) is 10.8 Å². The molecule has 0 radical (unpaired) electrons. The van der Waals surface area contributed by atoms with Crippen molar-refractivity contribution in [1.29, 1.82) is 0 Å². The highest BCUT2D eigenvalue weighted by Crippen LogP contribution is 2.52. The van der Waals surface area contributed by atoms with Crippen LogP contribution in [-0.4, -0.2) is 28.8 Å². The summed E-state index contributed by atoms with van der Waals surface area (Å²) in [5, 5.41) is 12.2. The monoisotopic (exact) mass is 271 g/mol. The lowest BCUT2D eigenvalue weighted by atomic mass is 9.68. The summed E-state index contributed by atoms with van der Waals surface area (Å²) in [6, 6.07) is -0.191. The molecule has 0 unspecified atom stereocenters. The van der Waals surface area contributed by atoms with Crippen LogP contribution >= 0.6 is 0 Å². The van der Waals surface area contributed by atoms with Gasteiger partial charge in [-0.15, -0.1) is 0 Å². The Labute approximate surface area is 114 Å². The number of carboxylic acids is 1. The Morgan fingerprint density at radius 1 is 1.26 bits per heavy atom. The van der Waals surface area contributed by atoms with Crippen LogP contribution in [0.4, 0.5) is 4.79 Å². The van der Waals surface area contributed by atoms with Crippen molar-refractivity contribution in [3.05, 3.63) is 0 Å². The minimum atomic E-state index is -0.827. The summed E-state index contributed by atoms with van der Waals surface area (Å²) in [4.78, 5) is 23.3. The number of carbonyl (C=O) groups is 2. The van der Waals surface area contributed by atoms with E-state index in [-0.39, 0.29) is 6.04 Å². The summed E-state index contributed by atoms with van der Waals surface area (Å²) in [5.41, 5.74) is -1.90. The third kappa shape index (κ3) is 3.01. The smallest absolute Gasteiger partial charge is 0.407 e. The molecule has 5 heteroatoms. The van der Waals surface area contributed by atoms with Crippen LogP contribution < -0.4 is 5.32 Å². The van der Waals surface area contributed by atoms with E-state index < -0.39 is 28.5 Å². The fourth-order valence-corrected chi connectivity index (χ4v) is 2.59. The number of nitrogens with one attached hydrogen (secondary N) is 1. The van der Waals surface area contributed by atoms with Crippen LogP contribution in [0, 0.1) is 10.8 Å².